The second-order valence-corrected chi connectivity index (χ2v) is 6.90. The first-order valence-corrected chi connectivity index (χ1v) is 8.97. The summed E-state index contributed by atoms with van der Waals surface area (Å²) in [6.45, 7) is 4.21. The van der Waals surface area contributed by atoms with Crippen LogP contribution >= 0.6 is 12.1 Å². The van der Waals surface area contributed by atoms with Gasteiger partial charge in [0.15, 0.2) is 0 Å². The summed E-state index contributed by atoms with van der Waals surface area (Å²) in [7, 11) is 3.92. The Morgan fingerprint density at radius 2 is 1.79 bits per heavy atom. The third-order valence-electron chi connectivity index (χ3n) is 4.61. The van der Waals surface area contributed by atoms with Gasteiger partial charge in [0, 0.05) is 26.2 Å². The van der Waals surface area contributed by atoms with Gasteiger partial charge in [-0.15, -0.1) is 0 Å². The topological polar surface area (TPSA) is 31.0 Å². The fourth-order valence-electron chi connectivity index (χ4n) is 3.17. The highest BCUT2D eigenvalue weighted by Crippen LogP contribution is 2.46. The summed E-state index contributed by atoms with van der Waals surface area (Å²) >= 11 is 1.61. The zero-order valence-electron chi connectivity index (χ0n) is 14.0. The quantitative estimate of drug-likeness (QED) is 0.858. The molecule has 0 spiro atoms. The molecule has 0 bridgehead atoms. The van der Waals surface area contributed by atoms with E-state index in [-0.39, 0.29) is 0 Å². The smallest absolute Gasteiger partial charge is 0.142 e. The maximum absolute atomic E-state index is 5.62. The van der Waals surface area contributed by atoms with E-state index >= 15 is 0 Å². The van der Waals surface area contributed by atoms with Crippen LogP contribution in [0.15, 0.2) is 42.5 Å². The fraction of sp³-hybridized carbons (Fsp3) is 0.333. The van der Waals surface area contributed by atoms with Crippen LogP contribution in [-0.2, 0) is 0 Å². The summed E-state index contributed by atoms with van der Waals surface area (Å²) in [6, 6.07) is 14.8. The molecule has 2 aliphatic rings. The zero-order valence-corrected chi connectivity index (χ0v) is 14.8. The third kappa shape index (κ3) is 2.76. The molecular weight excluding hydrogens is 320 g/mol. The fourth-order valence-corrected chi connectivity index (χ4v) is 4.01. The number of likely N-dealkylation sites (N-methyl/N-ethyl adjacent to an activating group) is 1. The van der Waals surface area contributed by atoms with Crippen molar-refractivity contribution in [3.63, 3.8) is 0 Å². The van der Waals surface area contributed by atoms with Crippen LogP contribution in [0, 0.1) is 0 Å². The Bertz CT molecular complexity index is 731. The first-order valence-electron chi connectivity index (χ1n) is 8.20. The molecule has 2 aliphatic heterocycles. The standard InChI is InChI=1S/C18H22N4OS/c1-20-9-11-21(12-10-20)17-13-14(7-8-18(17)23-2)22-16-6-4-3-5-15(16)19-24-22/h3-8,13,19H,9-12H2,1-2H3. The molecule has 126 valence electrons. The highest BCUT2D eigenvalue weighted by molar-refractivity contribution is 8.02. The zero-order chi connectivity index (χ0) is 16.5. The summed E-state index contributed by atoms with van der Waals surface area (Å²) in [4.78, 5) is 4.78. The van der Waals surface area contributed by atoms with Gasteiger partial charge in [0.25, 0.3) is 0 Å². The summed E-state index contributed by atoms with van der Waals surface area (Å²) in [6.07, 6.45) is 0. The minimum Gasteiger partial charge on any atom is -0.495 e. The van der Waals surface area contributed by atoms with Crippen LogP contribution in [0.25, 0.3) is 0 Å². The van der Waals surface area contributed by atoms with Crippen molar-refractivity contribution in [3.8, 4) is 5.75 Å². The van der Waals surface area contributed by atoms with Gasteiger partial charge in [0.2, 0.25) is 0 Å². The van der Waals surface area contributed by atoms with E-state index in [1.54, 1.807) is 19.2 Å². The molecule has 2 aromatic rings. The average Bonchev–Trinajstić information content (AvgIpc) is 3.06. The molecule has 5 nitrogen and oxygen atoms in total. The van der Waals surface area contributed by atoms with E-state index in [0.717, 1.165) is 43.3 Å². The predicted molar refractivity (Wildman–Crippen MR) is 102 cm³/mol. The number of nitrogens with zero attached hydrogens (tertiary/aromatic N) is 3. The lowest BCUT2D eigenvalue weighted by Crippen LogP contribution is -2.44. The number of ether oxygens (including phenoxy) is 1. The number of anilines is 4. The van der Waals surface area contributed by atoms with E-state index in [1.165, 1.54) is 11.4 Å². The van der Waals surface area contributed by atoms with Gasteiger partial charge in [0.1, 0.15) is 5.75 Å². The summed E-state index contributed by atoms with van der Waals surface area (Å²) in [5, 5.41) is 0. The number of piperazine rings is 1. The Balaban J connectivity index is 1.67. The molecule has 0 amide bonds. The van der Waals surface area contributed by atoms with E-state index in [2.05, 4.69) is 68.3 Å². The molecule has 1 N–H and O–H groups in total. The minimum atomic E-state index is 0.939. The van der Waals surface area contributed by atoms with Gasteiger partial charge < -0.3 is 19.3 Å². The molecule has 0 unspecified atom stereocenters. The molecule has 0 atom stereocenters. The Morgan fingerprint density at radius 3 is 2.58 bits per heavy atom. The van der Waals surface area contributed by atoms with Crippen molar-refractivity contribution in [3.05, 3.63) is 42.5 Å². The number of benzene rings is 2. The lowest BCUT2D eigenvalue weighted by molar-refractivity contribution is 0.311. The number of hydrogen-bond donors (Lipinski definition) is 1. The SMILES string of the molecule is COc1ccc(N2SNc3ccccc32)cc1N1CCN(C)CC1. The minimum absolute atomic E-state index is 0.939. The van der Waals surface area contributed by atoms with Gasteiger partial charge in [-0.2, -0.15) is 0 Å². The van der Waals surface area contributed by atoms with Crippen molar-refractivity contribution in [1.82, 2.24) is 4.90 Å². The molecule has 0 aliphatic carbocycles. The van der Waals surface area contributed by atoms with Crippen LogP contribution < -0.4 is 18.7 Å². The molecule has 0 saturated carbocycles. The summed E-state index contributed by atoms with van der Waals surface area (Å²) in [5.74, 6) is 0.939. The molecule has 2 aromatic carbocycles. The third-order valence-corrected chi connectivity index (χ3v) is 5.51. The van der Waals surface area contributed by atoms with Crippen molar-refractivity contribution in [2.24, 2.45) is 0 Å². The average molecular weight is 342 g/mol. The maximum atomic E-state index is 5.62. The van der Waals surface area contributed by atoms with Crippen LogP contribution in [0.4, 0.5) is 22.7 Å². The van der Waals surface area contributed by atoms with Gasteiger partial charge in [0.05, 0.1) is 42.0 Å². The van der Waals surface area contributed by atoms with Crippen molar-refractivity contribution >= 4 is 34.9 Å². The van der Waals surface area contributed by atoms with Crippen LogP contribution in [0.3, 0.4) is 0 Å². The van der Waals surface area contributed by atoms with Crippen LogP contribution in [0.1, 0.15) is 0 Å². The Hall–Kier alpha value is -2.05. The van der Waals surface area contributed by atoms with Crippen molar-refractivity contribution in [2.75, 3.05) is 54.3 Å². The first kappa shape index (κ1) is 15.5. The number of methoxy groups -OCH3 is 1. The highest BCUT2D eigenvalue weighted by atomic mass is 32.2. The number of fused-ring (bicyclic) bond motifs is 1. The maximum Gasteiger partial charge on any atom is 0.142 e. The number of nitrogens with one attached hydrogen (secondary N) is 1. The normalized spacial score (nSPS) is 17.6. The van der Waals surface area contributed by atoms with Crippen molar-refractivity contribution in [1.29, 1.82) is 0 Å². The number of para-hydroxylation sites is 2. The summed E-state index contributed by atoms with van der Waals surface area (Å²) in [5.41, 5.74) is 4.68. The van der Waals surface area contributed by atoms with Gasteiger partial charge in [-0.1, -0.05) is 12.1 Å². The number of rotatable bonds is 3. The predicted octanol–water partition coefficient (Wildman–Crippen LogP) is 3.57. The van der Waals surface area contributed by atoms with Crippen LogP contribution in [0.2, 0.25) is 0 Å². The van der Waals surface area contributed by atoms with Gasteiger partial charge in [-0.3, -0.25) is 4.31 Å². The van der Waals surface area contributed by atoms with E-state index in [4.69, 9.17) is 4.74 Å². The van der Waals surface area contributed by atoms with E-state index in [0.29, 0.717) is 0 Å². The molecule has 0 radical (unpaired) electrons. The molecule has 24 heavy (non-hydrogen) atoms. The van der Waals surface area contributed by atoms with Crippen molar-refractivity contribution < 1.29 is 4.74 Å². The molecule has 4 rings (SSSR count). The largest absolute Gasteiger partial charge is 0.495 e. The first-order chi connectivity index (χ1) is 11.8. The molecule has 2 heterocycles. The lowest BCUT2D eigenvalue weighted by Gasteiger charge is -2.35. The summed E-state index contributed by atoms with van der Waals surface area (Å²) < 4.78 is 11.2. The number of hydrogen-bond acceptors (Lipinski definition) is 6. The lowest BCUT2D eigenvalue weighted by atomic mass is 10.2. The Kier molecular flexibility index (Phi) is 4.16. The van der Waals surface area contributed by atoms with E-state index < -0.39 is 0 Å². The molecule has 6 heteroatoms. The van der Waals surface area contributed by atoms with Gasteiger partial charge >= 0.3 is 0 Å². The molecular formula is C18H22N4OS. The van der Waals surface area contributed by atoms with E-state index in [1.807, 2.05) is 0 Å². The molecule has 1 saturated heterocycles. The van der Waals surface area contributed by atoms with Gasteiger partial charge in [-0.25, -0.2) is 0 Å². The van der Waals surface area contributed by atoms with Gasteiger partial charge in [-0.05, 0) is 37.4 Å². The van der Waals surface area contributed by atoms with Crippen LogP contribution in [0.5, 0.6) is 5.75 Å². The highest BCUT2D eigenvalue weighted by Gasteiger charge is 2.24. The van der Waals surface area contributed by atoms with Crippen LogP contribution in [-0.4, -0.2) is 45.2 Å². The second kappa shape index (κ2) is 6.45. The second-order valence-electron chi connectivity index (χ2n) is 6.15. The van der Waals surface area contributed by atoms with Crippen molar-refractivity contribution in [2.45, 2.75) is 0 Å². The Morgan fingerprint density at radius 1 is 1.00 bits per heavy atom. The molecule has 1 fully saturated rings. The molecule has 0 aromatic heterocycles. The monoisotopic (exact) mass is 342 g/mol. The Labute approximate surface area is 147 Å². The van der Waals surface area contributed by atoms with E-state index in [9.17, 15) is 0 Å².